The number of rotatable bonds is 0. The number of hydrogen-bond acceptors (Lipinski definition) is 0. The summed E-state index contributed by atoms with van der Waals surface area (Å²) in [5.41, 5.74) is 5.77. The molecule has 0 aromatic heterocycles. The van der Waals surface area contributed by atoms with Gasteiger partial charge in [-0.2, -0.15) is 0 Å². The summed E-state index contributed by atoms with van der Waals surface area (Å²) in [6.45, 7) is 8.87. The summed E-state index contributed by atoms with van der Waals surface area (Å²) < 4.78 is 0. The van der Waals surface area contributed by atoms with Crippen molar-refractivity contribution in [3.05, 3.63) is 35.4 Å². The number of hydrogen-bond donors (Lipinski definition) is 0. The van der Waals surface area contributed by atoms with Crippen molar-refractivity contribution < 1.29 is 0 Å². The molecule has 0 radical (unpaired) electrons. The van der Waals surface area contributed by atoms with Crippen molar-refractivity contribution in [2.24, 2.45) is 0 Å². The van der Waals surface area contributed by atoms with Crippen molar-refractivity contribution in [2.75, 3.05) is 0 Å². The third-order valence-corrected chi connectivity index (χ3v) is 2.51. The molecule has 0 amide bonds. The monoisotopic (exact) mass is 188 g/mol. The van der Waals surface area contributed by atoms with Crippen LogP contribution in [0.15, 0.2) is 24.3 Å². The predicted molar refractivity (Wildman–Crippen MR) is 61.4 cm³/mol. The standard InChI is InChI=1S/C12H16Si/c1-11-5-7-12(8-6-11)9-10-13(2,3)4/h5-8H,1-4H3. The van der Waals surface area contributed by atoms with Crippen LogP contribution in [0.5, 0.6) is 0 Å². The first-order valence-corrected chi connectivity index (χ1v) is 8.07. The zero-order valence-electron chi connectivity index (χ0n) is 8.81. The van der Waals surface area contributed by atoms with Crippen LogP contribution in [-0.2, 0) is 0 Å². The molecular formula is C12H16Si. The van der Waals surface area contributed by atoms with Crippen LogP contribution in [0.25, 0.3) is 0 Å². The summed E-state index contributed by atoms with van der Waals surface area (Å²) in [7, 11) is -1.21. The van der Waals surface area contributed by atoms with Crippen molar-refractivity contribution in [3.63, 3.8) is 0 Å². The first-order valence-electron chi connectivity index (χ1n) is 4.57. The summed E-state index contributed by atoms with van der Waals surface area (Å²) in [6, 6.07) is 8.38. The van der Waals surface area contributed by atoms with E-state index in [1.54, 1.807) is 0 Å². The van der Waals surface area contributed by atoms with Crippen LogP contribution in [-0.4, -0.2) is 8.07 Å². The first-order chi connectivity index (χ1) is 5.97. The molecule has 0 saturated heterocycles. The molecule has 0 spiro atoms. The number of aryl methyl sites for hydroxylation is 1. The second-order valence-corrected chi connectivity index (χ2v) is 9.12. The van der Waals surface area contributed by atoms with E-state index in [0.717, 1.165) is 5.56 Å². The Morgan fingerprint density at radius 3 is 2.00 bits per heavy atom. The zero-order chi connectivity index (χ0) is 9.90. The van der Waals surface area contributed by atoms with E-state index in [1.807, 2.05) is 0 Å². The minimum Gasteiger partial charge on any atom is -0.127 e. The predicted octanol–water partition coefficient (Wildman–Crippen LogP) is 3.22. The van der Waals surface area contributed by atoms with Crippen molar-refractivity contribution in [3.8, 4) is 11.5 Å². The van der Waals surface area contributed by atoms with Crippen LogP contribution >= 0.6 is 0 Å². The summed E-state index contributed by atoms with van der Waals surface area (Å²) in [4.78, 5) is 0. The van der Waals surface area contributed by atoms with Gasteiger partial charge in [-0.05, 0) is 19.1 Å². The van der Waals surface area contributed by atoms with E-state index in [1.165, 1.54) is 5.56 Å². The maximum absolute atomic E-state index is 3.35. The molecule has 0 heterocycles. The SMILES string of the molecule is Cc1ccc(C#C[Si](C)(C)C)cc1. The lowest BCUT2D eigenvalue weighted by molar-refractivity contribution is 1.46. The molecule has 13 heavy (non-hydrogen) atoms. The van der Waals surface area contributed by atoms with E-state index in [2.05, 4.69) is 62.3 Å². The van der Waals surface area contributed by atoms with E-state index in [-0.39, 0.29) is 0 Å². The van der Waals surface area contributed by atoms with Crippen molar-refractivity contribution in [1.29, 1.82) is 0 Å². The van der Waals surface area contributed by atoms with Gasteiger partial charge in [0, 0.05) is 5.56 Å². The van der Waals surface area contributed by atoms with Crippen molar-refractivity contribution >= 4 is 8.07 Å². The van der Waals surface area contributed by atoms with Gasteiger partial charge in [-0.1, -0.05) is 43.3 Å². The average Bonchev–Trinajstić information content (AvgIpc) is 2.02. The molecule has 0 aliphatic rings. The van der Waals surface area contributed by atoms with Gasteiger partial charge >= 0.3 is 0 Å². The van der Waals surface area contributed by atoms with Crippen LogP contribution in [0.4, 0.5) is 0 Å². The largest absolute Gasteiger partial charge is 0.129 e. The van der Waals surface area contributed by atoms with E-state index < -0.39 is 8.07 Å². The van der Waals surface area contributed by atoms with Gasteiger partial charge in [-0.3, -0.25) is 0 Å². The number of benzene rings is 1. The van der Waals surface area contributed by atoms with Gasteiger partial charge < -0.3 is 0 Å². The molecule has 0 bridgehead atoms. The summed E-state index contributed by atoms with van der Waals surface area (Å²) in [5, 5.41) is 0. The summed E-state index contributed by atoms with van der Waals surface area (Å²) in [5.74, 6) is 3.22. The highest BCUT2D eigenvalue weighted by Crippen LogP contribution is 2.02. The Labute approximate surface area is 82.0 Å². The Bertz CT molecular complexity index is 330. The highest BCUT2D eigenvalue weighted by molar-refractivity contribution is 6.83. The van der Waals surface area contributed by atoms with E-state index in [9.17, 15) is 0 Å². The van der Waals surface area contributed by atoms with Crippen molar-refractivity contribution in [1.82, 2.24) is 0 Å². The van der Waals surface area contributed by atoms with Gasteiger partial charge in [0.1, 0.15) is 8.07 Å². The second-order valence-electron chi connectivity index (χ2n) is 4.37. The van der Waals surface area contributed by atoms with E-state index in [4.69, 9.17) is 0 Å². The molecule has 68 valence electrons. The Balaban J connectivity index is 2.85. The molecule has 0 N–H and O–H groups in total. The molecule has 1 rings (SSSR count). The molecule has 1 heteroatoms. The molecule has 0 saturated carbocycles. The fraction of sp³-hybridized carbons (Fsp3) is 0.333. The van der Waals surface area contributed by atoms with Gasteiger partial charge in [-0.25, -0.2) is 0 Å². The molecule has 1 aromatic rings. The Morgan fingerprint density at radius 1 is 1.00 bits per heavy atom. The fourth-order valence-electron chi connectivity index (χ4n) is 0.897. The quantitative estimate of drug-likeness (QED) is 0.433. The van der Waals surface area contributed by atoms with E-state index in [0.29, 0.717) is 0 Å². The molecule has 1 aromatic carbocycles. The third kappa shape index (κ3) is 3.96. The normalized spacial score (nSPS) is 10.5. The fourth-order valence-corrected chi connectivity index (χ4v) is 1.42. The molecule has 0 unspecified atom stereocenters. The zero-order valence-corrected chi connectivity index (χ0v) is 9.81. The van der Waals surface area contributed by atoms with Crippen LogP contribution < -0.4 is 0 Å². The van der Waals surface area contributed by atoms with Crippen LogP contribution in [0.1, 0.15) is 11.1 Å². The lowest BCUT2D eigenvalue weighted by Gasteiger charge is -2.03. The Morgan fingerprint density at radius 2 is 1.54 bits per heavy atom. The second kappa shape index (κ2) is 3.80. The van der Waals surface area contributed by atoms with Crippen LogP contribution in [0.3, 0.4) is 0 Å². The topological polar surface area (TPSA) is 0 Å². The molecule has 0 atom stereocenters. The lowest BCUT2D eigenvalue weighted by atomic mass is 10.2. The third-order valence-electron chi connectivity index (χ3n) is 1.63. The van der Waals surface area contributed by atoms with Gasteiger partial charge in [0.05, 0.1) is 0 Å². The van der Waals surface area contributed by atoms with Gasteiger partial charge in [0.15, 0.2) is 0 Å². The molecule has 0 aliphatic heterocycles. The minimum absolute atomic E-state index is 1.13. The molecular weight excluding hydrogens is 172 g/mol. The Kier molecular flexibility index (Phi) is 2.95. The average molecular weight is 188 g/mol. The molecule has 0 fully saturated rings. The summed E-state index contributed by atoms with van der Waals surface area (Å²) in [6.07, 6.45) is 0. The highest BCUT2D eigenvalue weighted by Gasteiger charge is 2.07. The van der Waals surface area contributed by atoms with Crippen LogP contribution in [0.2, 0.25) is 19.6 Å². The van der Waals surface area contributed by atoms with Crippen molar-refractivity contribution in [2.45, 2.75) is 26.6 Å². The highest BCUT2D eigenvalue weighted by atomic mass is 28.3. The summed E-state index contributed by atoms with van der Waals surface area (Å²) >= 11 is 0. The first kappa shape index (κ1) is 10.1. The maximum Gasteiger partial charge on any atom is 0.129 e. The van der Waals surface area contributed by atoms with Gasteiger partial charge in [0.25, 0.3) is 0 Å². The van der Waals surface area contributed by atoms with Crippen LogP contribution in [0, 0.1) is 18.4 Å². The molecule has 0 aliphatic carbocycles. The van der Waals surface area contributed by atoms with Gasteiger partial charge in [0.2, 0.25) is 0 Å². The minimum atomic E-state index is -1.21. The molecule has 0 nitrogen and oxygen atoms in total. The smallest absolute Gasteiger partial charge is 0.127 e. The lowest BCUT2D eigenvalue weighted by Crippen LogP contribution is -2.16. The van der Waals surface area contributed by atoms with Gasteiger partial charge in [-0.15, -0.1) is 5.54 Å². The van der Waals surface area contributed by atoms with E-state index >= 15 is 0 Å². The maximum atomic E-state index is 3.35. The Hall–Kier alpha value is -1.00.